The first-order chi connectivity index (χ1) is 9.02. The Labute approximate surface area is 117 Å². The van der Waals surface area contributed by atoms with E-state index in [1.54, 1.807) is 0 Å². The maximum atomic E-state index is 6.59. The largest absolute Gasteiger partial charge is 0.327 e. The highest BCUT2D eigenvalue weighted by molar-refractivity contribution is 5.14. The van der Waals surface area contributed by atoms with Crippen LogP contribution < -0.4 is 5.73 Å². The van der Waals surface area contributed by atoms with Gasteiger partial charge < -0.3 is 5.73 Å². The van der Waals surface area contributed by atoms with Crippen molar-refractivity contribution in [1.29, 1.82) is 0 Å². The maximum Gasteiger partial charge on any atom is 0.0419 e. The second kappa shape index (κ2) is 6.04. The van der Waals surface area contributed by atoms with E-state index in [-0.39, 0.29) is 6.04 Å². The lowest BCUT2D eigenvalue weighted by molar-refractivity contribution is 0.181. The summed E-state index contributed by atoms with van der Waals surface area (Å²) in [7, 11) is 0. The first-order valence-electron chi connectivity index (χ1n) is 7.69. The summed E-state index contributed by atoms with van der Waals surface area (Å²) < 4.78 is 0. The molecular formula is C17H28N2. The van der Waals surface area contributed by atoms with Gasteiger partial charge >= 0.3 is 0 Å². The number of aromatic nitrogens is 1. The smallest absolute Gasteiger partial charge is 0.0419 e. The number of hydrogen-bond acceptors (Lipinski definition) is 2. The highest BCUT2D eigenvalue weighted by Gasteiger charge is 2.39. The van der Waals surface area contributed by atoms with Gasteiger partial charge in [0.05, 0.1) is 0 Å². The monoisotopic (exact) mass is 260 g/mol. The third-order valence-electron chi connectivity index (χ3n) is 4.60. The van der Waals surface area contributed by atoms with Gasteiger partial charge in [-0.05, 0) is 49.1 Å². The highest BCUT2D eigenvalue weighted by atomic mass is 14.7. The second-order valence-corrected chi connectivity index (χ2v) is 6.80. The third-order valence-corrected chi connectivity index (χ3v) is 4.60. The molecule has 1 atom stereocenters. The summed E-state index contributed by atoms with van der Waals surface area (Å²) in [4.78, 5) is 4.52. The van der Waals surface area contributed by atoms with Crippen molar-refractivity contribution in [2.24, 2.45) is 17.1 Å². The minimum absolute atomic E-state index is 0.257. The normalized spacial score (nSPS) is 19.8. The molecule has 0 saturated heterocycles. The molecule has 1 heterocycles. The molecule has 1 aliphatic carbocycles. The Morgan fingerprint density at radius 2 is 1.95 bits per heavy atom. The molecular weight excluding hydrogens is 232 g/mol. The lowest BCUT2D eigenvalue weighted by atomic mass is 9.71. The summed E-state index contributed by atoms with van der Waals surface area (Å²) in [6.45, 7) is 6.71. The van der Waals surface area contributed by atoms with Gasteiger partial charge in [-0.25, -0.2) is 0 Å². The van der Waals surface area contributed by atoms with Crippen LogP contribution >= 0.6 is 0 Å². The molecule has 1 fully saturated rings. The van der Waals surface area contributed by atoms with E-state index in [1.165, 1.54) is 37.7 Å². The zero-order chi connectivity index (χ0) is 13.9. The summed E-state index contributed by atoms with van der Waals surface area (Å²) in [6, 6.07) is 4.53. The van der Waals surface area contributed by atoms with E-state index >= 15 is 0 Å². The van der Waals surface area contributed by atoms with Crippen LogP contribution in [0.4, 0.5) is 0 Å². The molecule has 2 rings (SSSR count). The molecule has 0 spiro atoms. The van der Waals surface area contributed by atoms with Crippen LogP contribution in [0.5, 0.6) is 0 Å². The number of aryl methyl sites for hydroxylation is 1. The van der Waals surface area contributed by atoms with Crippen LogP contribution in [0.2, 0.25) is 0 Å². The lowest BCUT2D eigenvalue weighted by Crippen LogP contribution is -2.42. The molecule has 1 unspecified atom stereocenters. The van der Waals surface area contributed by atoms with E-state index in [0.717, 1.165) is 18.0 Å². The van der Waals surface area contributed by atoms with Crippen molar-refractivity contribution in [3.05, 3.63) is 29.6 Å². The van der Waals surface area contributed by atoms with Gasteiger partial charge in [0.15, 0.2) is 0 Å². The van der Waals surface area contributed by atoms with E-state index < -0.39 is 0 Å². The minimum atomic E-state index is 0.257. The molecule has 2 nitrogen and oxygen atoms in total. The van der Waals surface area contributed by atoms with Crippen LogP contribution in [0.3, 0.4) is 0 Å². The third kappa shape index (κ3) is 3.56. The summed E-state index contributed by atoms with van der Waals surface area (Å²) in [5, 5.41) is 0. The second-order valence-electron chi connectivity index (χ2n) is 6.80. The quantitative estimate of drug-likeness (QED) is 0.873. The molecule has 2 heteroatoms. The Morgan fingerprint density at radius 3 is 2.47 bits per heavy atom. The lowest BCUT2D eigenvalue weighted by Gasteiger charge is -2.37. The van der Waals surface area contributed by atoms with Crippen molar-refractivity contribution in [2.75, 3.05) is 0 Å². The van der Waals surface area contributed by atoms with Gasteiger partial charge in [-0.15, -0.1) is 0 Å². The standard InChI is InChI=1S/C17H28N2/c1-13(2)11-17(8-4-5-9-17)16(18)10-15-7-6-14(3)12-19-15/h6-7,12-13,16H,4-5,8-11,18H2,1-3H3. The number of nitrogens with two attached hydrogens (primary N) is 1. The molecule has 0 bridgehead atoms. The Hall–Kier alpha value is -0.890. The van der Waals surface area contributed by atoms with Crippen LogP contribution in [0, 0.1) is 18.3 Å². The SMILES string of the molecule is Cc1ccc(CC(N)C2(CC(C)C)CCCC2)nc1. The Morgan fingerprint density at radius 1 is 1.26 bits per heavy atom. The molecule has 0 aromatic carbocycles. The zero-order valence-electron chi connectivity index (χ0n) is 12.7. The Balaban J connectivity index is 2.07. The van der Waals surface area contributed by atoms with Gasteiger partial charge in [-0.1, -0.05) is 32.8 Å². The van der Waals surface area contributed by atoms with E-state index in [4.69, 9.17) is 5.73 Å². The topological polar surface area (TPSA) is 38.9 Å². The predicted octanol–water partition coefficient (Wildman–Crippen LogP) is 3.87. The fourth-order valence-electron chi connectivity index (χ4n) is 3.68. The van der Waals surface area contributed by atoms with Crippen molar-refractivity contribution < 1.29 is 0 Å². The van der Waals surface area contributed by atoms with E-state index in [1.807, 2.05) is 6.20 Å². The van der Waals surface area contributed by atoms with Crippen LogP contribution in [0.1, 0.15) is 57.2 Å². The van der Waals surface area contributed by atoms with Crippen molar-refractivity contribution in [2.45, 2.75) is 65.3 Å². The number of rotatable bonds is 5. The summed E-state index contributed by atoms with van der Waals surface area (Å²) in [5.74, 6) is 0.732. The fourth-order valence-corrected chi connectivity index (χ4v) is 3.68. The predicted molar refractivity (Wildman–Crippen MR) is 81.0 cm³/mol. The van der Waals surface area contributed by atoms with Crippen LogP contribution in [0.25, 0.3) is 0 Å². The summed E-state index contributed by atoms with van der Waals surface area (Å²) in [5.41, 5.74) is 9.32. The molecule has 19 heavy (non-hydrogen) atoms. The van der Waals surface area contributed by atoms with Crippen LogP contribution in [-0.4, -0.2) is 11.0 Å². The maximum absolute atomic E-state index is 6.59. The van der Waals surface area contributed by atoms with Gasteiger partial charge in [-0.2, -0.15) is 0 Å². The number of hydrogen-bond donors (Lipinski definition) is 1. The van der Waals surface area contributed by atoms with Gasteiger partial charge in [0.2, 0.25) is 0 Å². The molecule has 106 valence electrons. The first-order valence-corrected chi connectivity index (χ1v) is 7.69. The molecule has 0 aliphatic heterocycles. The van der Waals surface area contributed by atoms with Crippen LogP contribution in [0.15, 0.2) is 18.3 Å². The molecule has 0 amide bonds. The summed E-state index contributed by atoms with van der Waals surface area (Å²) >= 11 is 0. The van der Waals surface area contributed by atoms with Gasteiger partial charge in [0.25, 0.3) is 0 Å². The average Bonchev–Trinajstić information content (AvgIpc) is 2.81. The van der Waals surface area contributed by atoms with Gasteiger partial charge in [0, 0.05) is 24.4 Å². The molecule has 1 aromatic heterocycles. The highest BCUT2D eigenvalue weighted by Crippen LogP contribution is 2.45. The molecule has 1 saturated carbocycles. The molecule has 2 N–H and O–H groups in total. The van der Waals surface area contributed by atoms with Gasteiger partial charge in [0.1, 0.15) is 0 Å². The van der Waals surface area contributed by atoms with Crippen molar-refractivity contribution in [1.82, 2.24) is 4.98 Å². The Kier molecular flexibility index (Phi) is 4.62. The fraction of sp³-hybridized carbons (Fsp3) is 0.706. The first kappa shape index (κ1) is 14.5. The minimum Gasteiger partial charge on any atom is -0.327 e. The van der Waals surface area contributed by atoms with Crippen LogP contribution in [-0.2, 0) is 6.42 Å². The molecule has 0 radical (unpaired) electrons. The van der Waals surface area contributed by atoms with E-state index in [0.29, 0.717) is 5.41 Å². The van der Waals surface area contributed by atoms with E-state index in [9.17, 15) is 0 Å². The number of nitrogens with zero attached hydrogens (tertiary/aromatic N) is 1. The summed E-state index contributed by atoms with van der Waals surface area (Å²) in [6.07, 6.45) is 9.44. The van der Waals surface area contributed by atoms with E-state index in [2.05, 4.69) is 37.9 Å². The molecule has 1 aliphatic rings. The van der Waals surface area contributed by atoms with Crippen molar-refractivity contribution in [3.8, 4) is 0 Å². The Bertz CT molecular complexity index is 388. The van der Waals surface area contributed by atoms with Gasteiger partial charge in [-0.3, -0.25) is 4.98 Å². The van der Waals surface area contributed by atoms with Crippen molar-refractivity contribution >= 4 is 0 Å². The number of pyridine rings is 1. The van der Waals surface area contributed by atoms with Crippen molar-refractivity contribution in [3.63, 3.8) is 0 Å². The molecule has 1 aromatic rings. The zero-order valence-corrected chi connectivity index (χ0v) is 12.7. The average molecular weight is 260 g/mol.